The minimum Gasteiger partial charge on any atom is -0.351 e. The van der Waals surface area contributed by atoms with Crippen LogP contribution in [0, 0.1) is 0 Å². The summed E-state index contributed by atoms with van der Waals surface area (Å²) in [4.78, 5) is 55.2. The lowest BCUT2D eigenvalue weighted by atomic mass is 9.88. The Hall–Kier alpha value is -3.33. The van der Waals surface area contributed by atoms with Crippen LogP contribution in [0.1, 0.15) is 82.3 Å². The first-order valence-electron chi connectivity index (χ1n) is 14.8. The number of carbonyl (C=O) groups is 3. The van der Waals surface area contributed by atoms with E-state index in [1.54, 1.807) is 6.08 Å². The molecule has 1 unspecified atom stereocenters. The molecule has 40 heavy (non-hydrogen) atoms. The summed E-state index contributed by atoms with van der Waals surface area (Å²) in [6, 6.07) is 7.42. The number of benzene rings is 1. The van der Waals surface area contributed by atoms with Gasteiger partial charge in [0.15, 0.2) is 17.2 Å². The summed E-state index contributed by atoms with van der Waals surface area (Å²) < 4.78 is 0. The molecule has 0 radical (unpaired) electrons. The molecule has 0 spiro atoms. The van der Waals surface area contributed by atoms with Gasteiger partial charge in [-0.3, -0.25) is 19.4 Å². The SMILES string of the molecule is CN(C)CCNC(=O)/C=C/c1ccc(C2=NC3(C)C(=N2)C(=O)N(C2CCCCC2)C(=O)N3C2CCCCC2)cc1. The predicted molar refractivity (Wildman–Crippen MR) is 157 cm³/mol. The van der Waals surface area contributed by atoms with Crippen LogP contribution in [0.2, 0.25) is 0 Å². The first-order valence-corrected chi connectivity index (χ1v) is 14.8. The highest BCUT2D eigenvalue weighted by Gasteiger charge is 2.57. The van der Waals surface area contributed by atoms with Crippen LogP contribution in [-0.4, -0.2) is 89.0 Å². The molecule has 1 aromatic carbocycles. The second kappa shape index (κ2) is 12.0. The van der Waals surface area contributed by atoms with Crippen LogP contribution in [0.15, 0.2) is 40.3 Å². The molecule has 3 fully saturated rings. The summed E-state index contributed by atoms with van der Waals surface area (Å²) in [5.41, 5.74) is 0.917. The molecule has 0 aromatic heterocycles. The monoisotopic (exact) mass is 546 g/mol. The molecule has 9 heteroatoms. The van der Waals surface area contributed by atoms with Crippen molar-refractivity contribution in [2.45, 2.75) is 88.9 Å². The summed E-state index contributed by atoms with van der Waals surface area (Å²) in [5.74, 6) is 0.0509. The zero-order valence-electron chi connectivity index (χ0n) is 24.1. The Morgan fingerprint density at radius 2 is 1.62 bits per heavy atom. The van der Waals surface area contributed by atoms with Crippen molar-refractivity contribution in [1.29, 1.82) is 0 Å². The molecule has 1 saturated heterocycles. The molecule has 4 aliphatic rings. The van der Waals surface area contributed by atoms with Crippen LogP contribution in [0.25, 0.3) is 6.08 Å². The fourth-order valence-corrected chi connectivity index (χ4v) is 6.44. The van der Waals surface area contributed by atoms with Gasteiger partial charge in [0.2, 0.25) is 5.91 Å². The van der Waals surface area contributed by atoms with E-state index in [0.717, 1.165) is 75.5 Å². The Kier molecular flexibility index (Phi) is 8.49. The quantitative estimate of drug-likeness (QED) is 0.494. The number of rotatable bonds is 8. The van der Waals surface area contributed by atoms with Gasteiger partial charge in [0.1, 0.15) is 0 Å². The van der Waals surface area contributed by atoms with Crippen molar-refractivity contribution < 1.29 is 14.4 Å². The third-order valence-corrected chi connectivity index (χ3v) is 8.63. The number of nitrogens with one attached hydrogen (secondary N) is 1. The smallest absolute Gasteiger partial charge is 0.329 e. The standard InChI is InChI=1S/C31H42N6O3/c1-31-27(29(39)36(24-10-6-4-7-11-24)30(40)37(31)25-12-8-5-9-13-25)33-28(34-31)23-17-14-22(15-18-23)16-19-26(38)32-20-21-35(2)3/h14-19,24-25H,4-13,20-21H2,1-3H3,(H,32,38)/b19-16+. The van der Waals surface area contributed by atoms with Gasteiger partial charge < -0.3 is 10.2 Å². The van der Waals surface area contributed by atoms with Gasteiger partial charge in [0.25, 0.3) is 5.91 Å². The van der Waals surface area contributed by atoms with E-state index in [2.05, 4.69) is 5.32 Å². The van der Waals surface area contributed by atoms with Gasteiger partial charge in [-0.25, -0.2) is 14.8 Å². The van der Waals surface area contributed by atoms with E-state index in [4.69, 9.17) is 9.98 Å². The number of amides is 4. The number of aliphatic imine (C=N–C) groups is 2. The first-order chi connectivity index (χ1) is 19.3. The van der Waals surface area contributed by atoms with Crippen LogP contribution in [0.3, 0.4) is 0 Å². The lowest BCUT2D eigenvalue weighted by Gasteiger charge is -2.50. The average molecular weight is 547 g/mol. The van der Waals surface area contributed by atoms with Gasteiger partial charge in [-0.05, 0) is 58.3 Å². The van der Waals surface area contributed by atoms with E-state index >= 15 is 0 Å². The van der Waals surface area contributed by atoms with Gasteiger partial charge in [-0.1, -0.05) is 62.8 Å². The van der Waals surface area contributed by atoms with E-state index in [1.807, 2.05) is 55.1 Å². The van der Waals surface area contributed by atoms with Crippen molar-refractivity contribution in [2.24, 2.45) is 9.98 Å². The molecule has 0 bridgehead atoms. The largest absolute Gasteiger partial charge is 0.351 e. The normalized spacial score (nSPS) is 24.5. The van der Waals surface area contributed by atoms with Crippen molar-refractivity contribution >= 4 is 35.5 Å². The molecule has 2 aliphatic carbocycles. The van der Waals surface area contributed by atoms with E-state index in [9.17, 15) is 14.4 Å². The molecule has 1 aromatic rings. The van der Waals surface area contributed by atoms with E-state index in [-0.39, 0.29) is 29.9 Å². The lowest BCUT2D eigenvalue weighted by molar-refractivity contribution is -0.127. The molecule has 214 valence electrons. The van der Waals surface area contributed by atoms with Crippen LogP contribution in [0.5, 0.6) is 0 Å². The summed E-state index contributed by atoms with van der Waals surface area (Å²) in [6.45, 7) is 3.25. The van der Waals surface area contributed by atoms with Crippen molar-refractivity contribution in [3.8, 4) is 0 Å². The van der Waals surface area contributed by atoms with Crippen molar-refractivity contribution in [3.05, 3.63) is 41.5 Å². The highest BCUT2D eigenvalue weighted by Crippen LogP contribution is 2.40. The molecule has 2 aliphatic heterocycles. The van der Waals surface area contributed by atoms with Crippen LogP contribution in [0.4, 0.5) is 4.79 Å². The number of fused-ring (bicyclic) bond motifs is 1. The van der Waals surface area contributed by atoms with Crippen LogP contribution in [-0.2, 0) is 9.59 Å². The van der Waals surface area contributed by atoms with E-state index in [1.165, 1.54) is 17.4 Å². The molecule has 1 N–H and O–H groups in total. The van der Waals surface area contributed by atoms with Gasteiger partial charge in [0.05, 0.1) is 0 Å². The summed E-state index contributed by atoms with van der Waals surface area (Å²) in [5, 5.41) is 2.87. The Morgan fingerprint density at radius 3 is 2.25 bits per heavy atom. The fourth-order valence-electron chi connectivity index (χ4n) is 6.44. The topological polar surface area (TPSA) is 97.7 Å². The number of hydrogen-bond acceptors (Lipinski definition) is 6. The maximum absolute atomic E-state index is 14.1. The van der Waals surface area contributed by atoms with Crippen molar-refractivity contribution in [2.75, 3.05) is 27.2 Å². The Labute approximate surface area is 237 Å². The number of amidine groups is 1. The Balaban J connectivity index is 1.39. The number of carbonyl (C=O) groups excluding carboxylic acids is 3. The lowest BCUT2D eigenvalue weighted by Crippen LogP contribution is -2.71. The van der Waals surface area contributed by atoms with Crippen molar-refractivity contribution in [1.82, 2.24) is 20.0 Å². The first kappa shape index (κ1) is 28.2. The Bertz CT molecular complexity index is 1210. The van der Waals surface area contributed by atoms with Crippen molar-refractivity contribution in [3.63, 3.8) is 0 Å². The van der Waals surface area contributed by atoms with Gasteiger partial charge >= 0.3 is 6.03 Å². The number of imide groups is 1. The number of hydrogen-bond donors (Lipinski definition) is 1. The highest BCUT2D eigenvalue weighted by molar-refractivity contribution is 6.49. The maximum Gasteiger partial charge on any atom is 0.329 e. The number of urea groups is 1. The average Bonchev–Trinajstić information content (AvgIpc) is 3.31. The maximum atomic E-state index is 14.1. The zero-order chi connectivity index (χ0) is 28.3. The fraction of sp³-hybridized carbons (Fsp3) is 0.581. The number of likely N-dealkylation sites (N-methyl/N-ethyl adjacent to an activating group) is 1. The minimum atomic E-state index is -1.10. The molecule has 5 rings (SSSR count). The molecule has 2 heterocycles. The zero-order valence-corrected chi connectivity index (χ0v) is 24.1. The van der Waals surface area contributed by atoms with E-state index in [0.29, 0.717) is 18.1 Å². The summed E-state index contributed by atoms with van der Waals surface area (Å²) in [6.07, 6.45) is 13.4. The second-order valence-corrected chi connectivity index (χ2v) is 11.9. The third kappa shape index (κ3) is 5.75. The Morgan fingerprint density at radius 1 is 1.00 bits per heavy atom. The summed E-state index contributed by atoms with van der Waals surface area (Å²) >= 11 is 0. The van der Waals surface area contributed by atoms with Gasteiger partial charge in [-0.15, -0.1) is 0 Å². The molecule has 1 atom stereocenters. The van der Waals surface area contributed by atoms with Crippen LogP contribution >= 0.6 is 0 Å². The van der Waals surface area contributed by atoms with Crippen LogP contribution < -0.4 is 5.32 Å². The summed E-state index contributed by atoms with van der Waals surface area (Å²) in [7, 11) is 3.93. The molecule has 2 saturated carbocycles. The molecule has 9 nitrogen and oxygen atoms in total. The molecular weight excluding hydrogens is 504 g/mol. The van der Waals surface area contributed by atoms with Gasteiger partial charge in [-0.2, -0.15) is 0 Å². The highest BCUT2D eigenvalue weighted by atomic mass is 16.2. The van der Waals surface area contributed by atoms with Gasteiger partial charge in [0, 0.05) is 36.8 Å². The third-order valence-electron chi connectivity index (χ3n) is 8.63. The predicted octanol–water partition coefficient (Wildman–Crippen LogP) is 4.22. The second-order valence-electron chi connectivity index (χ2n) is 11.9. The number of nitrogens with zero attached hydrogens (tertiary/aromatic N) is 5. The minimum absolute atomic E-state index is 0.0510. The van der Waals surface area contributed by atoms with E-state index < -0.39 is 5.66 Å². The molecular formula is C31H42N6O3. The molecule has 4 amide bonds.